The summed E-state index contributed by atoms with van der Waals surface area (Å²) in [4.78, 5) is 7.30. The summed E-state index contributed by atoms with van der Waals surface area (Å²) in [6.07, 6.45) is 2.97. The largest absolute Gasteiger partial charge is 0.493 e. The lowest BCUT2D eigenvalue weighted by Crippen LogP contribution is -2.26. The summed E-state index contributed by atoms with van der Waals surface area (Å²) in [5.74, 6) is 4.76. The number of nitrogens with zero attached hydrogens (tertiary/aromatic N) is 4. The second-order valence-electron chi connectivity index (χ2n) is 7.55. The van der Waals surface area contributed by atoms with Gasteiger partial charge >= 0.3 is 0 Å². The van der Waals surface area contributed by atoms with E-state index in [9.17, 15) is 0 Å². The van der Waals surface area contributed by atoms with E-state index in [0.717, 1.165) is 87.4 Å². The zero-order chi connectivity index (χ0) is 18.9. The molecule has 150 valence electrons. The molecule has 0 amide bonds. The van der Waals surface area contributed by atoms with Gasteiger partial charge in [0.25, 0.3) is 0 Å². The van der Waals surface area contributed by atoms with Gasteiger partial charge in [0.05, 0.1) is 13.7 Å². The molecular weight excluding hydrogens is 360 g/mol. The van der Waals surface area contributed by atoms with Crippen molar-refractivity contribution in [2.24, 2.45) is 0 Å². The first kappa shape index (κ1) is 17.8. The highest BCUT2D eigenvalue weighted by Gasteiger charge is 2.25. The maximum Gasteiger partial charge on any atom is 0.231 e. The average Bonchev–Trinajstić information content (AvgIpc) is 3.33. The first-order valence-electron chi connectivity index (χ1n) is 10.0. The van der Waals surface area contributed by atoms with Gasteiger partial charge in [0.15, 0.2) is 17.3 Å². The lowest BCUT2D eigenvalue weighted by atomic mass is 10.00. The van der Waals surface area contributed by atoms with Crippen molar-refractivity contribution in [1.29, 1.82) is 0 Å². The normalized spacial score (nSPS) is 20.0. The Morgan fingerprint density at radius 2 is 2.04 bits per heavy atom. The van der Waals surface area contributed by atoms with Crippen LogP contribution in [0.3, 0.4) is 0 Å². The van der Waals surface area contributed by atoms with E-state index in [-0.39, 0.29) is 6.79 Å². The number of hydrogen-bond acceptors (Lipinski definition) is 7. The molecule has 8 heteroatoms. The van der Waals surface area contributed by atoms with E-state index in [1.54, 1.807) is 7.11 Å². The summed E-state index contributed by atoms with van der Waals surface area (Å²) >= 11 is 0. The molecular formula is C20H26N4O4. The molecule has 2 aromatic rings. The monoisotopic (exact) mass is 386 g/mol. The summed E-state index contributed by atoms with van der Waals surface area (Å²) < 4.78 is 24.1. The predicted octanol–water partition coefficient (Wildman–Crippen LogP) is 1.97. The number of methoxy groups -OCH3 is 1. The molecule has 0 radical (unpaired) electrons. The third kappa shape index (κ3) is 3.42. The molecule has 0 N–H and O–H groups in total. The molecule has 0 unspecified atom stereocenters. The fourth-order valence-electron chi connectivity index (χ4n) is 4.18. The molecule has 1 saturated heterocycles. The van der Waals surface area contributed by atoms with E-state index >= 15 is 0 Å². The minimum Gasteiger partial charge on any atom is -0.493 e. The standard InChI is InChI=1S/C20H26N4O4/c1-25-16-10-14(11-17-19(16)28-13-27-17)12-23-5-2-18-21-20(22-24(18)7-6-23)15-3-8-26-9-4-15/h10-11,15H,2-9,12-13H2,1H3. The number of benzene rings is 1. The van der Waals surface area contributed by atoms with Crippen LogP contribution in [0.25, 0.3) is 0 Å². The van der Waals surface area contributed by atoms with Gasteiger partial charge in [0, 0.05) is 45.2 Å². The minimum atomic E-state index is 0.251. The summed E-state index contributed by atoms with van der Waals surface area (Å²) in [6.45, 7) is 5.50. The zero-order valence-corrected chi connectivity index (χ0v) is 16.2. The van der Waals surface area contributed by atoms with E-state index in [1.807, 2.05) is 6.07 Å². The van der Waals surface area contributed by atoms with Crippen molar-refractivity contribution in [3.8, 4) is 17.2 Å². The maximum absolute atomic E-state index is 5.55. The molecule has 0 spiro atoms. The fraction of sp³-hybridized carbons (Fsp3) is 0.600. The van der Waals surface area contributed by atoms with Crippen molar-refractivity contribution in [2.45, 2.75) is 38.3 Å². The van der Waals surface area contributed by atoms with Crippen LogP contribution in [0, 0.1) is 0 Å². The third-order valence-corrected chi connectivity index (χ3v) is 5.76. The summed E-state index contributed by atoms with van der Waals surface area (Å²) in [5, 5.41) is 4.82. The lowest BCUT2D eigenvalue weighted by Gasteiger charge is -2.21. The smallest absolute Gasteiger partial charge is 0.231 e. The number of rotatable bonds is 4. The highest BCUT2D eigenvalue weighted by molar-refractivity contribution is 5.55. The Morgan fingerprint density at radius 1 is 1.14 bits per heavy atom. The van der Waals surface area contributed by atoms with E-state index in [0.29, 0.717) is 11.7 Å². The molecule has 0 saturated carbocycles. The first-order valence-corrected chi connectivity index (χ1v) is 10.0. The van der Waals surface area contributed by atoms with Crippen LogP contribution in [0.2, 0.25) is 0 Å². The molecule has 4 heterocycles. The van der Waals surface area contributed by atoms with Gasteiger partial charge in [-0.1, -0.05) is 0 Å². The Kier molecular flexibility index (Phi) is 4.82. The molecule has 28 heavy (non-hydrogen) atoms. The molecule has 1 aromatic carbocycles. The van der Waals surface area contributed by atoms with Gasteiger partial charge in [-0.25, -0.2) is 9.67 Å². The van der Waals surface area contributed by atoms with Gasteiger partial charge in [0.1, 0.15) is 5.82 Å². The highest BCUT2D eigenvalue weighted by atomic mass is 16.7. The van der Waals surface area contributed by atoms with Crippen molar-refractivity contribution >= 4 is 0 Å². The molecule has 0 atom stereocenters. The van der Waals surface area contributed by atoms with Crippen molar-refractivity contribution in [1.82, 2.24) is 19.7 Å². The molecule has 3 aliphatic rings. The number of fused-ring (bicyclic) bond motifs is 2. The van der Waals surface area contributed by atoms with Gasteiger partial charge in [-0.2, -0.15) is 5.10 Å². The molecule has 3 aliphatic heterocycles. The van der Waals surface area contributed by atoms with Crippen LogP contribution in [0.1, 0.15) is 36.0 Å². The van der Waals surface area contributed by atoms with E-state index < -0.39 is 0 Å². The Hall–Kier alpha value is -2.32. The van der Waals surface area contributed by atoms with Crippen molar-refractivity contribution < 1.29 is 18.9 Å². The van der Waals surface area contributed by atoms with Crippen molar-refractivity contribution in [3.63, 3.8) is 0 Å². The van der Waals surface area contributed by atoms with Crippen molar-refractivity contribution in [3.05, 3.63) is 29.3 Å². The predicted molar refractivity (Wildman–Crippen MR) is 101 cm³/mol. The van der Waals surface area contributed by atoms with Crippen molar-refractivity contribution in [2.75, 3.05) is 40.2 Å². The molecule has 8 nitrogen and oxygen atoms in total. The SMILES string of the molecule is COc1cc(CN2CCc3nc(C4CCOCC4)nn3CC2)cc2c1OCO2. The van der Waals surface area contributed by atoms with Gasteiger partial charge in [-0.15, -0.1) is 0 Å². The van der Waals surface area contributed by atoms with Crippen LogP contribution in [0.5, 0.6) is 17.2 Å². The van der Waals surface area contributed by atoms with Crippen LogP contribution in [-0.2, 0) is 24.2 Å². The Bertz CT molecular complexity index is 821. The van der Waals surface area contributed by atoms with Crippen LogP contribution < -0.4 is 14.2 Å². The minimum absolute atomic E-state index is 0.251. The maximum atomic E-state index is 5.55. The van der Waals surface area contributed by atoms with Gasteiger partial charge in [0.2, 0.25) is 12.5 Å². The van der Waals surface area contributed by atoms with Crippen LogP contribution in [0.4, 0.5) is 0 Å². The highest BCUT2D eigenvalue weighted by Crippen LogP contribution is 2.42. The quantitative estimate of drug-likeness (QED) is 0.796. The summed E-state index contributed by atoms with van der Waals surface area (Å²) in [5.41, 5.74) is 1.16. The Labute approximate surface area is 164 Å². The summed E-state index contributed by atoms with van der Waals surface area (Å²) in [6, 6.07) is 4.09. The zero-order valence-electron chi connectivity index (χ0n) is 16.2. The topological polar surface area (TPSA) is 70.9 Å². The molecule has 5 rings (SSSR count). The summed E-state index contributed by atoms with van der Waals surface area (Å²) in [7, 11) is 1.66. The lowest BCUT2D eigenvalue weighted by molar-refractivity contribution is 0.0835. The van der Waals surface area contributed by atoms with E-state index in [2.05, 4.69) is 15.6 Å². The van der Waals surface area contributed by atoms with E-state index in [1.165, 1.54) is 0 Å². The fourth-order valence-corrected chi connectivity index (χ4v) is 4.18. The number of aromatic nitrogens is 3. The Balaban J connectivity index is 1.26. The van der Waals surface area contributed by atoms with Crippen LogP contribution >= 0.6 is 0 Å². The second-order valence-corrected chi connectivity index (χ2v) is 7.55. The van der Waals surface area contributed by atoms with Gasteiger partial charge in [-0.05, 0) is 30.5 Å². The third-order valence-electron chi connectivity index (χ3n) is 5.76. The molecule has 0 bridgehead atoms. The first-order chi connectivity index (χ1) is 13.8. The molecule has 1 aromatic heterocycles. The molecule has 0 aliphatic carbocycles. The Morgan fingerprint density at radius 3 is 2.89 bits per heavy atom. The number of hydrogen-bond donors (Lipinski definition) is 0. The molecule has 1 fully saturated rings. The van der Waals surface area contributed by atoms with E-state index in [4.69, 9.17) is 29.0 Å². The number of ether oxygens (including phenoxy) is 4. The second kappa shape index (κ2) is 7.60. The average molecular weight is 386 g/mol. The van der Waals surface area contributed by atoms with Crippen LogP contribution in [-0.4, -0.2) is 59.9 Å². The van der Waals surface area contributed by atoms with Crippen LogP contribution in [0.15, 0.2) is 12.1 Å². The van der Waals surface area contributed by atoms with Gasteiger partial charge in [-0.3, -0.25) is 4.90 Å². The van der Waals surface area contributed by atoms with Gasteiger partial charge < -0.3 is 18.9 Å².